The van der Waals surface area contributed by atoms with Gasteiger partial charge in [-0.25, -0.2) is 0 Å². The van der Waals surface area contributed by atoms with E-state index in [1.165, 1.54) is 0 Å². The van der Waals surface area contributed by atoms with Gasteiger partial charge in [0.15, 0.2) is 0 Å². The minimum Gasteiger partial charge on any atom is -1.00 e. The molecule has 0 saturated heterocycles. The SMILES string of the molecule is Cn1cc(NC(=O)c2cc(NC(=O)c3cc(NCO)cn3C)cn2C)cc1C(=O)NCCC(=N)N.[Cl-].[H+]. The molecule has 0 aliphatic rings. The van der Waals surface area contributed by atoms with Crippen LogP contribution >= 0.6 is 0 Å². The summed E-state index contributed by atoms with van der Waals surface area (Å²) in [5.41, 5.74) is 7.75. The van der Waals surface area contributed by atoms with Crippen LogP contribution in [0.5, 0.6) is 0 Å². The highest BCUT2D eigenvalue weighted by molar-refractivity contribution is 6.07. The molecule has 0 aliphatic carbocycles. The Morgan fingerprint density at radius 2 is 1.28 bits per heavy atom. The number of nitrogens with zero attached hydrogens (tertiary/aromatic N) is 3. The number of rotatable bonds is 10. The molecule has 3 rings (SSSR count). The molecule has 0 aliphatic heterocycles. The van der Waals surface area contributed by atoms with Crippen LogP contribution in [-0.2, 0) is 21.1 Å². The molecular weight excluding hydrogens is 490 g/mol. The lowest BCUT2D eigenvalue weighted by Crippen LogP contribution is -3.00. The third-order valence-corrected chi connectivity index (χ3v) is 5.19. The van der Waals surface area contributed by atoms with Gasteiger partial charge in [-0.05, 0) is 18.2 Å². The average molecular weight is 520 g/mol. The third-order valence-electron chi connectivity index (χ3n) is 5.19. The van der Waals surface area contributed by atoms with Crippen LogP contribution in [0, 0.1) is 5.41 Å². The molecule has 0 unspecified atom stereocenters. The number of amidine groups is 1. The fraction of sp³-hybridized carbons (Fsp3) is 0.273. The van der Waals surface area contributed by atoms with E-state index in [1.807, 2.05) is 0 Å². The maximum absolute atomic E-state index is 12.8. The number of nitrogens with two attached hydrogens (primary N) is 1. The van der Waals surface area contributed by atoms with Crippen LogP contribution < -0.4 is 39.4 Å². The lowest BCUT2D eigenvalue weighted by molar-refractivity contribution is -0.0000322. The predicted molar refractivity (Wildman–Crippen MR) is 133 cm³/mol. The summed E-state index contributed by atoms with van der Waals surface area (Å²) in [6.45, 7) is -0.0173. The summed E-state index contributed by atoms with van der Waals surface area (Å²) in [6.07, 6.45) is 5.14. The van der Waals surface area contributed by atoms with Crippen molar-refractivity contribution in [2.75, 3.05) is 29.2 Å². The number of carbonyl (C=O) groups is 3. The monoisotopic (exact) mass is 519 g/mol. The lowest BCUT2D eigenvalue weighted by atomic mass is 10.3. The highest BCUT2D eigenvalue weighted by Crippen LogP contribution is 2.19. The largest absolute Gasteiger partial charge is 1.00 e. The van der Waals surface area contributed by atoms with Crippen molar-refractivity contribution in [3.05, 3.63) is 53.9 Å². The molecule has 3 aromatic rings. The number of aliphatic hydroxyl groups is 1. The van der Waals surface area contributed by atoms with Crippen LogP contribution in [0.3, 0.4) is 0 Å². The second kappa shape index (κ2) is 12.0. The summed E-state index contributed by atoms with van der Waals surface area (Å²) < 4.78 is 4.77. The minimum atomic E-state index is -0.421. The van der Waals surface area contributed by atoms with Crippen LogP contribution in [0.1, 0.15) is 39.3 Å². The number of amides is 3. The van der Waals surface area contributed by atoms with Gasteiger partial charge in [-0.3, -0.25) is 19.8 Å². The van der Waals surface area contributed by atoms with Gasteiger partial charge in [0.05, 0.1) is 22.9 Å². The normalized spacial score (nSPS) is 10.3. The molecule has 0 bridgehead atoms. The molecule has 3 heterocycles. The predicted octanol–water partition coefficient (Wildman–Crippen LogP) is -2.26. The topological polar surface area (TPSA) is 184 Å². The number of nitrogens with one attached hydrogen (secondary N) is 5. The van der Waals surface area contributed by atoms with E-state index in [0.717, 1.165) is 0 Å². The summed E-state index contributed by atoms with van der Waals surface area (Å²) in [5, 5.41) is 27.1. The second-order valence-corrected chi connectivity index (χ2v) is 7.95. The van der Waals surface area contributed by atoms with Gasteiger partial charge in [0.25, 0.3) is 17.7 Å². The number of hydrogen-bond donors (Lipinski definition) is 7. The van der Waals surface area contributed by atoms with Crippen molar-refractivity contribution in [1.82, 2.24) is 19.0 Å². The zero-order chi connectivity index (χ0) is 25.7. The van der Waals surface area contributed by atoms with Gasteiger partial charge < -0.3 is 58.2 Å². The van der Waals surface area contributed by atoms with Gasteiger partial charge in [-0.15, -0.1) is 0 Å². The lowest BCUT2D eigenvalue weighted by Gasteiger charge is -2.04. The van der Waals surface area contributed by atoms with Gasteiger partial charge in [0.2, 0.25) is 0 Å². The molecule has 0 spiro atoms. The highest BCUT2D eigenvalue weighted by atomic mass is 35.5. The molecule has 0 fully saturated rings. The number of carbonyl (C=O) groups excluding carboxylic acids is 3. The quantitative estimate of drug-likeness (QED) is 0.0900. The molecule has 0 radical (unpaired) electrons. The fourth-order valence-electron chi connectivity index (χ4n) is 3.49. The van der Waals surface area contributed by atoms with E-state index in [9.17, 15) is 14.4 Å². The smallest absolute Gasteiger partial charge is 1.00 e. The summed E-state index contributed by atoms with van der Waals surface area (Å²) in [7, 11) is 5.06. The van der Waals surface area contributed by atoms with E-state index in [2.05, 4.69) is 21.3 Å². The van der Waals surface area contributed by atoms with Gasteiger partial charge in [0, 0.05) is 52.7 Å². The van der Waals surface area contributed by atoms with Crippen molar-refractivity contribution >= 4 is 40.6 Å². The van der Waals surface area contributed by atoms with Crippen LogP contribution in [0.25, 0.3) is 0 Å². The summed E-state index contributed by atoms with van der Waals surface area (Å²) in [4.78, 5) is 37.8. The molecule has 36 heavy (non-hydrogen) atoms. The van der Waals surface area contributed by atoms with Gasteiger partial charge in [-0.2, -0.15) is 0 Å². The van der Waals surface area contributed by atoms with Crippen molar-refractivity contribution in [1.29, 1.82) is 5.41 Å². The number of aromatic nitrogens is 3. The first-order valence-corrected chi connectivity index (χ1v) is 10.7. The summed E-state index contributed by atoms with van der Waals surface area (Å²) in [5.74, 6) is -1.17. The van der Waals surface area contributed by atoms with E-state index < -0.39 is 5.91 Å². The fourth-order valence-corrected chi connectivity index (χ4v) is 3.49. The zero-order valence-corrected chi connectivity index (χ0v) is 20.8. The number of aryl methyl sites for hydroxylation is 3. The van der Waals surface area contributed by atoms with Crippen LogP contribution in [0.4, 0.5) is 17.1 Å². The Balaban J connectivity index is 0.00000342. The summed E-state index contributed by atoms with van der Waals surface area (Å²) in [6, 6.07) is 4.69. The molecule has 3 amide bonds. The van der Waals surface area contributed by atoms with Crippen molar-refractivity contribution in [2.24, 2.45) is 26.9 Å². The van der Waals surface area contributed by atoms with Crippen LogP contribution in [0.2, 0.25) is 0 Å². The van der Waals surface area contributed by atoms with Gasteiger partial charge >= 0.3 is 1.43 Å². The number of aliphatic hydroxyl groups excluding tert-OH is 1. The zero-order valence-electron chi connectivity index (χ0n) is 21.1. The Bertz CT molecular complexity index is 1280. The number of anilines is 3. The first kappa shape index (κ1) is 28.0. The maximum atomic E-state index is 12.8. The number of hydrogen-bond acceptors (Lipinski definition) is 6. The Labute approximate surface area is 215 Å². The minimum absolute atomic E-state index is 0. The van der Waals surface area contributed by atoms with Gasteiger partial charge in [0.1, 0.15) is 23.8 Å². The Hall–Kier alpha value is -4.23. The van der Waals surface area contributed by atoms with Gasteiger partial charge in [-0.1, -0.05) is 0 Å². The molecule has 3 aromatic heterocycles. The summed E-state index contributed by atoms with van der Waals surface area (Å²) >= 11 is 0. The average Bonchev–Trinajstić information content (AvgIpc) is 3.44. The molecule has 8 N–H and O–H groups in total. The van der Waals surface area contributed by atoms with Crippen LogP contribution in [-0.4, -0.2) is 55.6 Å². The third kappa shape index (κ3) is 6.67. The molecule has 194 valence electrons. The Morgan fingerprint density at radius 1 is 0.861 bits per heavy atom. The molecular formula is C22H30ClN9O4. The maximum Gasteiger partial charge on any atom is 1.00 e. The standard InChI is InChI=1S/C22H29N9O4.ClH/c1-29-9-13(26-12-32)6-17(29)21(34)28-15-8-18(31(3)11-15)22(35)27-14-7-16(30(2)10-14)20(33)25-5-4-19(23)24;/h6-11,26,32H,4-5,12H2,1-3H3,(H3,23,24)(H,25,33)(H,27,35)(H,28,34);1H. The van der Waals surface area contributed by atoms with E-state index in [-0.39, 0.29) is 51.2 Å². The first-order valence-electron chi connectivity index (χ1n) is 10.7. The molecule has 14 heteroatoms. The van der Waals surface area contributed by atoms with E-state index in [0.29, 0.717) is 34.1 Å². The Kier molecular flexibility index (Phi) is 9.30. The van der Waals surface area contributed by atoms with E-state index in [4.69, 9.17) is 16.2 Å². The van der Waals surface area contributed by atoms with Crippen molar-refractivity contribution < 1.29 is 33.3 Å². The molecule has 0 atom stereocenters. The Morgan fingerprint density at radius 3 is 1.72 bits per heavy atom. The molecule has 0 aromatic carbocycles. The van der Waals surface area contributed by atoms with Crippen LogP contribution in [0.15, 0.2) is 36.8 Å². The molecule has 0 saturated carbocycles. The van der Waals surface area contributed by atoms with Crippen molar-refractivity contribution in [3.63, 3.8) is 0 Å². The second-order valence-electron chi connectivity index (χ2n) is 7.95. The highest BCUT2D eigenvalue weighted by Gasteiger charge is 2.18. The molecule has 13 nitrogen and oxygen atoms in total. The number of halogens is 1. The van der Waals surface area contributed by atoms with E-state index >= 15 is 0 Å². The van der Waals surface area contributed by atoms with E-state index in [1.54, 1.807) is 71.6 Å². The first-order chi connectivity index (χ1) is 16.6. The van der Waals surface area contributed by atoms with Crippen molar-refractivity contribution in [2.45, 2.75) is 6.42 Å². The van der Waals surface area contributed by atoms with Crippen molar-refractivity contribution in [3.8, 4) is 0 Å².